The van der Waals surface area contributed by atoms with Crippen LogP contribution in [0.15, 0.2) is 4.99 Å². The number of nitrogens with zero attached hydrogens (tertiary/aromatic N) is 1. The number of nitrogens with one attached hydrogen (secondary N) is 4. The molecule has 0 aromatic carbocycles. The molecule has 0 radical (unpaired) electrons. The summed E-state index contributed by atoms with van der Waals surface area (Å²) in [7, 11) is 0. The van der Waals surface area contributed by atoms with Crippen molar-refractivity contribution >= 4 is 12.2 Å². The molecule has 9 N–H and O–H groups in total. The van der Waals surface area contributed by atoms with Crippen molar-refractivity contribution in [2.24, 2.45) is 10.7 Å². The molecule has 10 heteroatoms. The van der Waals surface area contributed by atoms with Gasteiger partial charge in [-0.25, -0.2) is 4.99 Å². The maximum atomic E-state index is 11.4. The third-order valence-corrected chi connectivity index (χ3v) is 9.07. The van der Waals surface area contributed by atoms with Crippen LogP contribution in [0.5, 0.6) is 0 Å². The Morgan fingerprint density at radius 1 is 1.24 bits per heavy atom. The number of quaternary nitrogens is 1. The third kappa shape index (κ3) is 10.1. The second-order valence-electron chi connectivity index (χ2n) is 12.6. The van der Waals surface area contributed by atoms with Crippen LogP contribution in [0.1, 0.15) is 97.3 Å². The van der Waals surface area contributed by atoms with Gasteiger partial charge in [-0.15, -0.1) is 0 Å². The number of aliphatic carboxylic acids is 1. The van der Waals surface area contributed by atoms with Gasteiger partial charge in [0, 0.05) is 24.5 Å². The summed E-state index contributed by atoms with van der Waals surface area (Å²) in [6.07, 6.45) is 13.3. The maximum Gasteiger partial charge on any atom is 0.306 e. The van der Waals surface area contributed by atoms with E-state index in [9.17, 15) is 20.1 Å². The summed E-state index contributed by atoms with van der Waals surface area (Å²) in [5.41, 5.74) is 4.62. The van der Waals surface area contributed by atoms with E-state index in [4.69, 9.17) is 5.73 Å². The molecule has 3 aliphatic rings. The minimum absolute atomic E-state index is 0.0774. The molecule has 3 heterocycles. The maximum absolute atomic E-state index is 11.4. The number of carbonyl (C=O) groups is 1. The molecule has 0 aromatic rings. The van der Waals surface area contributed by atoms with Gasteiger partial charge < -0.3 is 41.9 Å². The van der Waals surface area contributed by atoms with Crippen LogP contribution in [0, 0.1) is 0 Å². The number of aliphatic hydroxyl groups is 2. The molecule has 38 heavy (non-hydrogen) atoms. The highest BCUT2D eigenvalue weighted by atomic mass is 16.4. The number of hydrogen-bond acceptors (Lipinski definition) is 8. The minimum Gasteiger partial charge on any atom is -0.481 e. The highest BCUT2D eigenvalue weighted by molar-refractivity contribution is 5.68. The minimum atomic E-state index is -1.24. The van der Waals surface area contributed by atoms with Gasteiger partial charge >= 0.3 is 5.97 Å². The summed E-state index contributed by atoms with van der Waals surface area (Å²) in [4.78, 5) is 17.3. The smallest absolute Gasteiger partial charge is 0.306 e. The molecule has 10 nitrogen and oxygen atoms in total. The first kappa shape index (κ1) is 31.4. The number of carboxylic acids is 1. The normalized spacial score (nSPS) is 35.3. The quantitative estimate of drug-likeness (QED) is 0.129. The van der Waals surface area contributed by atoms with E-state index in [1.165, 1.54) is 30.6 Å². The van der Waals surface area contributed by atoms with Crippen LogP contribution >= 0.6 is 0 Å². The van der Waals surface area contributed by atoms with Crippen molar-refractivity contribution in [3.8, 4) is 0 Å². The lowest BCUT2D eigenvalue weighted by molar-refractivity contribution is -0.914. The van der Waals surface area contributed by atoms with Crippen molar-refractivity contribution < 1.29 is 25.0 Å². The van der Waals surface area contributed by atoms with Gasteiger partial charge in [-0.1, -0.05) is 44.9 Å². The monoisotopic (exact) mass is 539 g/mol. The number of hydrogen-bond donors (Lipinski definition) is 8. The topological polar surface area (TPSA) is 157 Å². The fraction of sp³-hybridized carbons (Fsp3) is 0.929. The van der Waals surface area contributed by atoms with Crippen molar-refractivity contribution in [2.75, 3.05) is 26.3 Å². The molecule has 0 amide bonds. The zero-order valence-electron chi connectivity index (χ0n) is 23.8. The number of carboxylic acid groups (broad SMARTS) is 1. The molecular formula is C28H55N6O4+. The van der Waals surface area contributed by atoms with Gasteiger partial charge in [0.1, 0.15) is 12.6 Å². The molecular weight excluding hydrogens is 484 g/mol. The summed E-state index contributed by atoms with van der Waals surface area (Å²) in [5, 5.41) is 41.2. The van der Waals surface area contributed by atoms with E-state index < -0.39 is 11.6 Å². The van der Waals surface area contributed by atoms with Crippen LogP contribution in [0.3, 0.4) is 0 Å². The zero-order chi connectivity index (χ0) is 27.6. The van der Waals surface area contributed by atoms with Gasteiger partial charge in [-0.05, 0) is 46.1 Å². The Bertz CT molecular complexity index is 749. The average Bonchev–Trinajstić information content (AvgIpc) is 3.38. The molecule has 3 aliphatic heterocycles. The molecule has 0 saturated carbocycles. The average molecular weight is 540 g/mol. The fourth-order valence-corrected chi connectivity index (χ4v) is 6.58. The number of unbranched alkanes of at least 4 members (excludes halogenated alkanes) is 6. The van der Waals surface area contributed by atoms with E-state index in [0.717, 1.165) is 64.7 Å². The van der Waals surface area contributed by atoms with E-state index >= 15 is 0 Å². The lowest BCUT2D eigenvalue weighted by Gasteiger charge is -2.41. The highest BCUT2D eigenvalue weighted by Crippen LogP contribution is 2.25. The SMILES string of the molecule is CC1NC(CCCCCCCCCC(O)(CNC2(C)CCNC(N)C2)CC(=O)O)C([NH+]2CC=NC2)CC1O. The Morgan fingerprint density at radius 2 is 1.95 bits per heavy atom. The molecule has 0 spiro atoms. The van der Waals surface area contributed by atoms with Gasteiger partial charge in [0.15, 0.2) is 6.67 Å². The van der Waals surface area contributed by atoms with Crippen molar-refractivity contribution in [3.63, 3.8) is 0 Å². The standard InChI is InChI=1S/C28H54N6O4/c1-21-24(35)16-23(34-15-14-30-20-34)22(33-21)10-8-6-4-3-5-7-9-11-28(38,18-26(36)37)19-32-27(2)12-13-31-25(29)17-27/h14,21-25,31-33,35,38H,3-13,15-20,29H2,1-2H3,(H,36,37)/p+1. The number of piperidine rings is 2. The molecule has 220 valence electrons. The predicted molar refractivity (Wildman–Crippen MR) is 150 cm³/mol. The molecule has 2 fully saturated rings. The molecule has 8 atom stereocenters. The van der Waals surface area contributed by atoms with E-state index in [0.29, 0.717) is 18.5 Å². The zero-order valence-corrected chi connectivity index (χ0v) is 23.8. The summed E-state index contributed by atoms with van der Waals surface area (Å²) in [5.74, 6) is -0.959. The number of rotatable bonds is 16. The van der Waals surface area contributed by atoms with Crippen molar-refractivity contribution in [3.05, 3.63) is 0 Å². The van der Waals surface area contributed by atoms with Crippen LogP contribution in [0.25, 0.3) is 0 Å². The van der Waals surface area contributed by atoms with Gasteiger partial charge in [0.2, 0.25) is 0 Å². The Kier molecular flexibility index (Phi) is 12.4. The van der Waals surface area contributed by atoms with Crippen LogP contribution in [0.2, 0.25) is 0 Å². The Morgan fingerprint density at radius 3 is 2.61 bits per heavy atom. The molecule has 0 aromatic heterocycles. The van der Waals surface area contributed by atoms with Gasteiger partial charge in [0.25, 0.3) is 0 Å². The number of nitrogens with two attached hydrogens (primary N) is 1. The summed E-state index contributed by atoms with van der Waals surface area (Å²) in [6, 6.07) is 1.01. The van der Waals surface area contributed by atoms with Crippen LogP contribution in [-0.4, -0.2) is 95.3 Å². The summed E-state index contributed by atoms with van der Waals surface area (Å²) < 4.78 is 0. The first-order chi connectivity index (χ1) is 18.1. The summed E-state index contributed by atoms with van der Waals surface area (Å²) in [6.45, 7) is 7.07. The second-order valence-corrected chi connectivity index (χ2v) is 12.6. The first-order valence-corrected chi connectivity index (χ1v) is 15.0. The number of β-amino-alcohol motifs (C(OH)–C–C–N with tert-alkyl or cyclic N) is 1. The van der Waals surface area contributed by atoms with E-state index in [2.05, 4.69) is 34.8 Å². The van der Waals surface area contributed by atoms with Gasteiger partial charge in [-0.3, -0.25) is 4.79 Å². The third-order valence-electron chi connectivity index (χ3n) is 9.07. The largest absolute Gasteiger partial charge is 0.481 e. The van der Waals surface area contributed by atoms with Crippen molar-refractivity contribution in [2.45, 2.75) is 139 Å². The summed E-state index contributed by atoms with van der Waals surface area (Å²) >= 11 is 0. The predicted octanol–water partition coefficient (Wildman–Crippen LogP) is 0.126. The lowest BCUT2D eigenvalue weighted by Crippen LogP contribution is -3.16. The Labute approximate surface area is 229 Å². The Hall–Kier alpha value is -1.14. The van der Waals surface area contributed by atoms with Crippen LogP contribution in [0.4, 0.5) is 0 Å². The molecule has 2 saturated heterocycles. The van der Waals surface area contributed by atoms with E-state index in [1.54, 1.807) is 0 Å². The van der Waals surface area contributed by atoms with Crippen molar-refractivity contribution in [1.82, 2.24) is 16.0 Å². The first-order valence-electron chi connectivity index (χ1n) is 15.0. The highest BCUT2D eigenvalue weighted by Gasteiger charge is 2.40. The number of aliphatic hydroxyl groups excluding tert-OH is 1. The van der Waals surface area contributed by atoms with Crippen molar-refractivity contribution in [1.29, 1.82) is 0 Å². The Balaban J connectivity index is 1.29. The number of aliphatic imine (C=N–C) groups is 1. The van der Waals surface area contributed by atoms with Gasteiger partial charge in [0.05, 0.1) is 36.5 Å². The second kappa shape index (κ2) is 15.0. The lowest BCUT2D eigenvalue weighted by atomic mass is 9.86. The van der Waals surface area contributed by atoms with E-state index in [1.807, 2.05) is 6.21 Å². The molecule has 3 rings (SSSR count). The van der Waals surface area contributed by atoms with Crippen LogP contribution < -0.4 is 26.6 Å². The fourth-order valence-electron chi connectivity index (χ4n) is 6.58. The molecule has 8 unspecified atom stereocenters. The van der Waals surface area contributed by atoms with Crippen LogP contribution in [-0.2, 0) is 4.79 Å². The molecule has 0 aliphatic carbocycles. The van der Waals surface area contributed by atoms with Gasteiger partial charge in [-0.2, -0.15) is 0 Å². The molecule has 0 bridgehead atoms. The van der Waals surface area contributed by atoms with E-state index in [-0.39, 0.29) is 36.8 Å².